The molecule has 1 N–H and O–H groups in total. The van der Waals surface area contributed by atoms with Crippen LogP contribution in [0, 0.1) is 0 Å². The predicted molar refractivity (Wildman–Crippen MR) is 88.9 cm³/mol. The summed E-state index contributed by atoms with van der Waals surface area (Å²) in [6.45, 7) is 4.03. The van der Waals surface area contributed by atoms with Crippen LogP contribution in [0.15, 0.2) is 24.3 Å². The third kappa shape index (κ3) is 2.55. The summed E-state index contributed by atoms with van der Waals surface area (Å²) in [6, 6.07) is 7.64. The smallest absolute Gasteiger partial charge is 0.261 e. The van der Waals surface area contributed by atoms with E-state index in [1.807, 2.05) is 0 Å². The fraction of sp³-hybridized carbons (Fsp3) is 0.556. The molecule has 0 saturated carbocycles. The monoisotopic (exact) mass is 329 g/mol. The van der Waals surface area contributed by atoms with Gasteiger partial charge in [0.2, 0.25) is 0 Å². The van der Waals surface area contributed by atoms with Crippen molar-refractivity contribution in [2.24, 2.45) is 0 Å². The summed E-state index contributed by atoms with van der Waals surface area (Å²) < 4.78 is 0. The third-order valence-electron chi connectivity index (χ3n) is 5.61. The Kier molecular flexibility index (Phi) is 4.12. The predicted octanol–water partition coefficient (Wildman–Crippen LogP) is 0.423. The van der Waals surface area contributed by atoms with Crippen molar-refractivity contribution in [2.45, 2.75) is 24.9 Å². The molecular weight excluding hydrogens is 306 g/mol. The highest BCUT2D eigenvalue weighted by Crippen LogP contribution is 2.26. The lowest BCUT2D eigenvalue weighted by Crippen LogP contribution is -2.58. The summed E-state index contributed by atoms with van der Waals surface area (Å²) >= 11 is 0. The van der Waals surface area contributed by atoms with E-state index in [1.165, 1.54) is 17.7 Å². The molecule has 0 aromatic heterocycles. The molecule has 0 unspecified atom stereocenters. The van der Waals surface area contributed by atoms with E-state index in [9.17, 15) is 14.7 Å². The number of rotatable bonds is 4. The number of hydrogen-bond donors (Lipinski definition) is 1. The molecule has 2 atom stereocenters. The number of nitrogens with zero attached hydrogens (tertiary/aromatic N) is 3. The Morgan fingerprint density at radius 2 is 1.75 bits per heavy atom. The van der Waals surface area contributed by atoms with Crippen LogP contribution in [0.3, 0.4) is 0 Å². The van der Waals surface area contributed by atoms with Crippen LogP contribution in [0.1, 0.15) is 33.6 Å². The van der Waals surface area contributed by atoms with Crippen LogP contribution >= 0.6 is 0 Å². The highest BCUT2D eigenvalue weighted by Gasteiger charge is 2.38. The van der Waals surface area contributed by atoms with Gasteiger partial charge in [0, 0.05) is 38.3 Å². The van der Waals surface area contributed by atoms with Crippen LogP contribution in [-0.4, -0.2) is 83.0 Å². The second kappa shape index (κ2) is 6.27. The zero-order valence-corrected chi connectivity index (χ0v) is 13.7. The molecule has 3 aliphatic rings. The highest BCUT2D eigenvalue weighted by atomic mass is 16.3. The molecule has 2 fully saturated rings. The summed E-state index contributed by atoms with van der Waals surface area (Å²) in [4.78, 5) is 30.9. The van der Waals surface area contributed by atoms with Crippen molar-refractivity contribution in [1.82, 2.24) is 14.7 Å². The fourth-order valence-corrected chi connectivity index (χ4v) is 4.27. The van der Waals surface area contributed by atoms with E-state index in [0.29, 0.717) is 30.3 Å². The number of carbonyl (C=O) groups excluding carboxylic acids is 2. The molecule has 24 heavy (non-hydrogen) atoms. The number of piperazine rings is 1. The molecule has 0 radical (unpaired) electrons. The van der Waals surface area contributed by atoms with Gasteiger partial charge in [-0.3, -0.25) is 24.3 Å². The maximum atomic E-state index is 12.4. The number of imide groups is 1. The lowest BCUT2D eigenvalue weighted by atomic mass is 10.1. The Hall–Kier alpha value is -1.76. The zero-order chi connectivity index (χ0) is 16.7. The minimum atomic E-state index is -0.198. The molecule has 1 aromatic rings. The minimum absolute atomic E-state index is 0.0922. The van der Waals surface area contributed by atoms with Crippen molar-refractivity contribution in [3.63, 3.8) is 0 Å². The molecule has 3 heterocycles. The van der Waals surface area contributed by atoms with Gasteiger partial charge in [-0.15, -0.1) is 0 Å². The number of benzene rings is 1. The maximum Gasteiger partial charge on any atom is 0.261 e. The van der Waals surface area contributed by atoms with Crippen LogP contribution in [-0.2, 0) is 0 Å². The highest BCUT2D eigenvalue weighted by molar-refractivity contribution is 6.21. The normalized spacial score (nSPS) is 27.6. The van der Waals surface area contributed by atoms with Crippen molar-refractivity contribution in [3.05, 3.63) is 35.4 Å². The molecule has 128 valence electrons. The molecule has 1 aromatic carbocycles. The third-order valence-corrected chi connectivity index (χ3v) is 5.61. The first kappa shape index (κ1) is 15.7. The van der Waals surface area contributed by atoms with Crippen LogP contribution < -0.4 is 0 Å². The second-order valence-electron chi connectivity index (χ2n) is 6.93. The SMILES string of the molecule is O=C1c2ccccc2C(=O)N1CCN1C[C@H]2CCCN2C[C@H]1CO. The molecule has 2 saturated heterocycles. The lowest BCUT2D eigenvalue weighted by molar-refractivity contribution is 0.0172. The van der Waals surface area contributed by atoms with Gasteiger partial charge in [0.1, 0.15) is 0 Å². The molecule has 2 amide bonds. The van der Waals surface area contributed by atoms with E-state index >= 15 is 0 Å². The quantitative estimate of drug-likeness (QED) is 0.812. The number of amides is 2. The van der Waals surface area contributed by atoms with Crippen LogP contribution in [0.4, 0.5) is 0 Å². The zero-order valence-electron chi connectivity index (χ0n) is 13.7. The lowest BCUT2D eigenvalue weighted by Gasteiger charge is -2.43. The van der Waals surface area contributed by atoms with Gasteiger partial charge >= 0.3 is 0 Å². The van der Waals surface area contributed by atoms with Crippen molar-refractivity contribution >= 4 is 11.8 Å². The van der Waals surface area contributed by atoms with Gasteiger partial charge < -0.3 is 5.11 Å². The first-order valence-electron chi connectivity index (χ1n) is 8.73. The Balaban J connectivity index is 1.43. The van der Waals surface area contributed by atoms with Crippen LogP contribution in [0.5, 0.6) is 0 Å². The number of fused-ring (bicyclic) bond motifs is 2. The van der Waals surface area contributed by atoms with E-state index in [-0.39, 0.29) is 24.5 Å². The van der Waals surface area contributed by atoms with Gasteiger partial charge in [-0.05, 0) is 31.5 Å². The van der Waals surface area contributed by atoms with Crippen LogP contribution in [0.25, 0.3) is 0 Å². The molecule has 0 bridgehead atoms. The van der Waals surface area contributed by atoms with E-state index in [0.717, 1.165) is 19.6 Å². The van der Waals surface area contributed by atoms with Gasteiger partial charge in [-0.1, -0.05) is 12.1 Å². The topological polar surface area (TPSA) is 64.1 Å². The van der Waals surface area contributed by atoms with Gasteiger partial charge in [0.05, 0.1) is 17.7 Å². The number of aliphatic hydroxyl groups excluding tert-OH is 1. The number of carbonyl (C=O) groups is 2. The fourth-order valence-electron chi connectivity index (χ4n) is 4.27. The average Bonchev–Trinajstić information content (AvgIpc) is 3.16. The molecule has 6 nitrogen and oxygen atoms in total. The molecular formula is C18H23N3O3. The summed E-state index contributed by atoms with van der Waals surface area (Å²) in [5, 5.41) is 9.70. The summed E-state index contributed by atoms with van der Waals surface area (Å²) in [5.74, 6) is -0.397. The number of aliphatic hydroxyl groups is 1. The van der Waals surface area contributed by atoms with Gasteiger partial charge in [0.25, 0.3) is 11.8 Å². The van der Waals surface area contributed by atoms with E-state index in [4.69, 9.17) is 0 Å². The Labute approximate surface area is 141 Å². The second-order valence-corrected chi connectivity index (χ2v) is 6.93. The van der Waals surface area contributed by atoms with Gasteiger partial charge in [-0.25, -0.2) is 0 Å². The maximum absolute atomic E-state index is 12.4. The van der Waals surface area contributed by atoms with Crippen LogP contribution in [0.2, 0.25) is 0 Å². The van der Waals surface area contributed by atoms with Crippen molar-refractivity contribution in [2.75, 3.05) is 39.3 Å². The molecule has 6 heteroatoms. The summed E-state index contributed by atoms with van der Waals surface area (Å²) in [6.07, 6.45) is 2.41. The average molecular weight is 329 g/mol. The van der Waals surface area contributed by atoms with Gasteiger partial charge in [-0.2, -0.15) is 0 Å². The van der Waals surface area contributed by atoms with E-state index in [2.05, 4.69) is 9.80 Å². The van der Waals surface area contributed by atoms with Gasteiger partial charge in [0.15, 0.2) is 0 Å². The van der Waals surface area contributed by atoms with E-state index < -0.39 is 0 Å². The summed E-state index contributed by atoms with van der Waals surface area (Å²) in [7, 11) is 0. The largest absolute Gasteiger partial charge is 0.395 e. The Morgan fingerprint density at radius 3 is 2.42 bits per heavy atom. The summed E-state index contributed by atoms with van der Waals surface area (Å²) in [5.41, 5.74) is 1.00. The molecule has 3 aliphatic heterocycles. The molecule has 0 aliphatic carbocycles. The van der Waals surface area contributed by atoms with Crippen molar-refractivity contribution < 1.29 is 14.7 Å². The van der Waals surface area contributed by atoms with Crippen molar-refractivity contribution in [1.29, 1.82) is 0 Å². The standard InChI is InChI=1S/C18H23N3O3/c22-12-14-11-19-7-3-4-13(19)10-20(14)8-9-21-17(23)15-5-1-2-6-16(15)18(21)24/h1-2,5-6,13-14,22H,3-4,7-12H2/t13-,14+/m1/s1. The van der Waals surface area contributed by atoms with E-state index in [1.54, 1.807) is 24.3 Å². The minimum Gasteiger partial charge on any atom is -0.395 e. The Morgan fingerprint density at radius 1 is 1.04 bits per heavy atom. The Bertz CT molecular complexity index is 628. The number of hydrogen-bond acceptors (Lipinski definition) is 5. The van der Waals surface area contributed by atoms with Crippen molar-refractivity contribution in [3.8, 4) is 0 Å². The molecule has 0 spiro atoms. The first-order valence-corrected chi connectivity index (χ1v) is 8.73. The first-order chi connectivity index (χ1) is 11.7. The molecule has 4 rings (SSSR count).